The third-order valence-corrected chi connectivity index (χ3v) is 3.58. The van der Waals surface area contributed by atoms with Crippen molar-refractivity contribution in [2.75, 3.05) is 5.32 Å². The molecule has 0 bridgehead atoms. The number of benzene rings is 1. The molecule has 0 heterocycles. The minimum Gasteiger partial charge on any atom is -0.480 e. The van der Waals surface area contributed by atoms with Gasteiger partial charge in [-0.05, 0) is 35.6 Å². The monoisotopic (exact) mass is 356 g/mol. The minimum atomic E-state index is -1.05. The number of nitrogens with one attached hydrogen (secondary N) is 2. The van der Waals surface area contributed by atoms with Gasteiger partial charge in [-0.1, -0.05) is 43.6 Å². The van der Waals surface area contributed by atoms with Crippen LogP contribution in [0.3, 0.4) is 0 Å². The fraction of sp³-hybridized carbons (Fsp3) is 0.467. The Hall–Kier alpha value is -1.56. The Kier molecular flexibility index (Phi) is 5.78. The van der Waals surface area contributed by atoms with Crippen molar-refractivity contribution >= 4 is 33.6 Å². The summed E-state index contributed by atoms with van der Waals surface area (Å²) in [5, 5.41) is 14.4. The van der Waals surface area contributed by atoms with E-state index in [1.807, 2.05) is 19.1 Å². The molecule has 2 amide bonds. The van der Waals surface area contributed by atoms with Crippen LogP contribution in [0.25, 0.3) is 0 Å². The fourth-order valence-corrected chi connectivity index (χ4v) is 2.32. The second-order valence-electron chi connectivity index (χ2n) is 5.89. The number of halogens is 1. The van der Waals surface area contributed by atoms with Crippen LogP contribution in [0.4, 0.5) is 10.5 Å². The number of carbonyl (C=O) groups is 2. The zero-order valence-electron chi connectivity index (χ0n) is 12.7. The van der Waals surface area contributed by atoms with Gasteiger partial charge >= 0.3 is 12.0 Å². The highest BCUT2D eigenvalue weighted by Gasteiger charge is 2.32. The number of aryl methyl sites for hydroxylation is 1. The van der Waals surface area contributed by atoms with Crippen LogP contribution in [0.2, 0.25) is 0 Å². The molecule has 0 aromatic heterocycles. The molecule has 1 atom stereocenters. The second kappa shape index (κ2) is 6.93. The number of urea groups is 1. The van der Waals surface area contributed by atoms with Crippen molar-refractivity contribution in [1.82, 2.24) is 5.32 Å². The van der Waals surface area contributed by atoms with Crippen molar-refractivity contribution in [2.45, 2.75) is 40.2 Å². The Morgan fingerprint density at radius 1 is 1.33 bits per heavy atom. The lowest BCUT2D eigenvalue weighted by molar-refractivity contribution is -0.141. The number of amides is 2. The first kappa shape index (κ1) is 17.5. The van der Waals surface area contributed by atoms with E-state index in [4.69, 9.17) is 0 Å². The molecular formula is C15H21BrN2O3. The Bertz CT molecular complexity index is 538. The average molecular weight is 357 g/mol. The van der Waals surface area contributed by atoms with Crippen LogP contribution in [0, 0.1) is 5.41 Å². The molecule has 0 aliphatic rings. The van der Waals surface area contributed by atoms with Gasteiger partial charge in [-0.15, -0.1) is 0 Å². The number of carboxylic acid groups (broad SMARTS) is 1. The largest absolute Gasteiger partial charge is 0.480 e. The van der Waals surface area contributed by atoms with Crippen molar-refractivity contribution in [3.8, 4) is 0 Å². The van der Waals surface area contributed by atoms with E-state index in [0.29, 0.717) is 5.69 Å². The summed E-state index contributed by atoms with van der Waals surface area (Å²) in [5.74, 6) is -1.05. The first-order valence-electron chi connectivity index (χ1n) is 6.74. The molecule has 1 aromatic carbocycles. The number of hydrogen-bond acceptors (Lipinski definition) is 2. The maximum absolute atomic E-state index is 12.0. The predicted molar refractivity (Wildman–Crippen MR) is 86.6 cm³/mol. The normalized spacial score (nSPS) is 12.6. The average Bonchev–Trinajstić information content (AvgIpc) is 2.36. The van der Waals surface area contributed by atoms with Crippen LogP contribution in [-0.4, -0.2) is 23.1 Å². The summed E-state index contributed by atoms with van der Waals surface area (Å²) in [4.78, 5) is 23.3. The Morgan fingerprint density at radius 3 is 2.43 bits per heavy atom. The SMILES string of the molecule is CCc1cc(Br)ccc1NC(=O)N[C@H](C(=O)O)C(C)(C)C. The van der Waals surface area contributed by atoms with Gasteiger partial charge in [-0.25, -0.2) is 9.59 Å². The third kappa shape index (κ3) is 5.04. The predicted octanol–water partition coefficient (Wildman–Crippen LogP) is 3.63. The summed E-state index contributed by atoms with van der Waals surface area (Å²) >= 11 is 3.38. The number of rotatable bonds is 4. The van der Waals surface area contributed by atoms with Crippen molar-refractivity contribution in [3.05, 3.63) is 28.2 Å². The van der Waals surface area contributed by atoms with Crippen LogP contribution < -0.4 is 10.6 Å². The van der Waals surface area contributed by atoms with Crippen molar-refractivity contribution < 1.29 is 14.7 Å². The van der Waals surface area contributed by atoms with Gasteiger partial charge in [0.2, 0.25) is 0 Å². The molecule has 0 spiro atoms. The maximum Gasteiger partial charge on any atom is 0.326 e. The van der Waals surface area contributed by atoms with Crippen molar-refractivity contribution in [1.29, 1.82) is 0 Å². The molecule has 0 aliphatic heterocycles. The number of carboxylic acids is 1. The second-order valence-corrected chi connectivity index (χ2v) is 6.81. The summed E-state index contributed by atoms with van der Waals surface area (Å²) in [5.41, 5.74) is 1.08. The fourth-order valence-electron chi connectivity index (χ4n) is 1.91. The minimum absolute atomic E-state index is 0.519. The van der Waals surface area contributed by atoms with Gasteiger partial charge in [0.1, 0.15) is 6.04 Å². The highest BCUT2D eigenvalue weighted by molar-refractivity contribution is 9.10. The molecule has 116 valence electrons. The summed E-state index contributed by atoms with van der Waals surface area (Å²) in [7, 11) is 0. The van der Waals surface area contributed by atoms with Gasteiger partial charge in [0.25, 0.3) is 0 Å². The molecule has 3 N–H and O–H groups in total. The maximum atomic E-state index is 12.0. The molecule has 5 nitrogen and oxygen atoms in total. The van der Waals surface area contributed by atoms with Gasteiger partial charge in [-0.2, -0.15) is 0 Å². The molecule has 0 saturated carbocycles. The molecule has 0 radical (unpaired) electrons. The quantitative estimate of drug-likeness (QED) is 0.770. The van der Waals surface area contributed by atoms with E-state index in [0.717, 1.165) is 16.5 Å². The van der Waals surface area contributed by atoms with E-state index in [1.54, 1.807) is 26.8 Å². The Labute approximate surface area is 133 Å². The lowest BCUT2D eigenvalue weighted by atomic mass is 9.87. The lowest BCUT2D eigenvalue weighted by Crippen LogP contribution is -2.50. The number of carbonyl (C=O) groups excluding carboxylic acids is 1. The molecular weight excluding hydrogens is 336 g/mol. The van der Waals surface area contributed by atoms with Gasteiger partial charge in [0, 0.05) is 10.2 Å². The van der Waals surface area contributed by atoms with Gasteiger partial charge < -0.3 is 15.7 Å². The van der Waals surface area contributed by atoms with E-state index >= 15 is 0 Å². The first-order valence-corrected chi connectivity index (χ1v) is 7.53. The van der Waals surface area contributed by atoms with Crippen LogP contribution in [0.5, 0.6) is 0 Å². The molecule has 6 heteroatoms. The smallest absolute Gasteiger partial charge is 0.326 e. The number of anilines is 1. The van der Waals surface area contributed by atoms with Crippen LogP contribution in [-0.2, 0) is 11.2 Å². The Morgan fingerprint density at radius 2 is 1.95 bits per heavy atom. The zero-order valence-corrected chi connectivity index (χ0v) is 14.2. The summed E-state index contributed by atoms with van der Waals surface area (Å²) in [6, 6.07) is 4.06. The molecule has 1 rings (SSSR count). The topological polar surface area (TPSA) is 78.4 Å². The molecule has 1 aromatic rings. The van der Waals surface area contributed by atoms with E-state index in [2.05, 4.69) is 26.6 Å². The molecule has 0 fully saturated rings. The summed E-state index contributed by atoms with van der Waals surface area (Å²) < 4.78 is 0.934. The van der Waals surface area contributed by atoms with Gasteiger partial charge in [-0.3, -0.25) is 0 Å². The highest BCUT2D eigenvalue weighted by Crippen LogP contribution is 2.22. The first-order chi connectivity index (χ1) is 9.65. The van der Waals surface area contributed by atoms with Crippen LogP contribution in [0.15, 0.2) is 22.7 Å². The van der Waals surface area contributed by atoms with Gasteiger partial charge in [0.15, 0.2) is 0 Å². The molecule has 0 unspecified atom stereocenters. The van der Waals surface area contributed by atoms with Gasteiger partial charge in [0.05, 0.1) is 0 Å². The standard InChI is InChI=1S/C15H21BrN2O3/c1-5-9-8-10(16)6-7-11(9)17-14(21)18-12(13(19)20)15(2,3)4/h6-8,12H,5H2,1-4H3,(H,19,20)(H2,17,18,21)/t12-/m1/s1. The molecule has 0 aliphatic carbocycles. The van der Waals surface area contributed by atoms with Crippen LogP contribution in [0.1, 0.15) is 33.3 Å². The number of hydrogen-bond donors (Lipinski definition) is 3. The van der Waals surface area contributed by atoms with E-state index in [1.165, 1.54) is 0 Å². The number of aliphatic carboxylic acids is 1. The zero-order chi connectivity index (χ0) is 16.2. The molecule has 21 heavy (non-hydrogen) atoms. The summed E-state index contributed by atoms with van der Waals surface area (Å²) in [6.07, 6.45) is 0.761. The molecule has 0 saturated heterocycles. The Balaban J connectivity index is 2.84. The van der Waals surface area contributed by atoms with E-state index in [-0.39, 0.29) is 0 Å². The van der Waals surface area contributed by atoms with Crippen LogP contribution >= 0.6 is 15.9 Å². The third-order valence-electron chi connectivity index (χ3n) is 3.08. The van der Waals surface area contributed by atoms with E-state index < -0.39 is 23.5 Å². The lowest BCUT2D eigenvalue weighted by Gasteiger charge is -2.27. The van der Waals surface area contributed by atoms with E-state index in [9.17, 15) is 14.7 Å². The van der Waals surface area contributed by atoms with Crippen molar-refractivity contribution in [3.63, 3.8) is 0 Å². The van der Waals surface area contributed by atoms with Crippen molar-refractivity contribution in [2.24, 2.45) is 5.41 Å². The summed E-state index contributed by atoms with van der Waals surface area (Å²) in [6.45, 7) is 7.29. The highest BCUT2D eigenvalue weighted by atomic mass is 79.9.